The lowest BCUT2D eigenvalue weighted by molar-refractivity contribution is 0.580. The van der Waals surface area contributed by atoms with Gasteiger partial charge in [-0.05, 0) is 19.1 Å². The summed E-state index contributed by atoms with van der Waals surface area (Å²) in [5, 5.41) is 4.95. The van der Waals surface area contributed by atoms with Gasteiger partial charge in [0.25, 0.3) is 0 Å². The van der Waals surface area contributed by atoms with Crippen LogP contribution < -0.4 is 4.72 Å². The first-order chi connectivity index (χ1) is 9.54. The molecule has 0 amide bonds. The topological polar surface area (TPSA) is 76.4 Å². The first-order valence-electron chi connectivity index (χ1n) is 5.91. The van der Waals surface area contributed by atoms with E-state index in [4.69, 9.17) is 0 Å². The highest BCUT2D eigenvalue weighted by atomic mass is 32.2. The van der Waals surface area contributed by atoms with Crippen LogP contribution in [0.15, 0.2) is 41.4 Å². The Bertz CT molecular complexity index is 805. The Hall–Kier alpha value is -1.77. The van der Waals surface area contributed by atoms with Crippen LogP contribution in [0.2, 0.25) is 0 Å². The standard InChI is InChI=1S/C12H12N4O2S2/c1-9-8-16-12(14-9)19-11(15-16)7-13-20(17,18)10-5-3-2-4-6-10/h2-6,8,13H,7H2,1H3. The van der Waals surface area contributed by atoms with Crippen LogP contribution in [0.4, 0.5) is 0 Å². The van der Waals surface area contributed by atoms with E-state index in [0.29, 0.717) is 5.01 Å². The van der Waals surface area contributed by atoms with Gasteiger partial charge < -0.3 is 0 Å². The molecule has 8 heteroatoms. The number of fused-ring (bicyclic) bond motifs is 1. The van der Waals surface area contributed by atoms with E-state index in [1.807, 2.05) is 6.92 Å². The zero-order valence-corrected chi connectivity index (χ0v) is 12.3. The minimum absolute atomic E-state index is 0.157. The van der Waals surface area contributed by atoms with Crippen molar-refractivity contribution >= 4 is 26.3 Å². The Morgan fingerprint density at radius 3 is 2.75 bits per heavy atom. The van der Waals surface area contributed by atoms with Gasteiger partial charge in [0.05, 0.1) is 23.3 Å². The summed E-state index contributed by atoms with van der Waals surface area (Å²) in [5.41, 5.74) is 0.889. The van der Waals surface area contributed by atoms with Crippen molar-refractivity contribution in [3.05, 3.63) is 47.2 Å². The Labute approximate surface area is 120 Å². The number of hydrogen-bond acceptors (Lipinski definition) is 5. The molecule has 3 aromatic rings. The smallest absolute Gasteiger partial charge is 0.223 e. The Morgan fingerprint density at radius 2 is 2.05 bits per heavy atom. The van der Waals surface area contributed by atoms with Crippen molar-refractivity contribution in [1.82, 2.24) is 19.3 Å². The molecule has 0 aliphatic rings. The van der Waals surface area contributed by atoms with Crippen LogP contribution in [0, 0.1) is 6.92 Å². The lowest BCUT2D eigenvalue weighted by Gasteiger charge is -2.04. The van der Waals surface area contributed by atoms with E-state index in [-0.39, 0.29) is 11.4 Å². The van der Waals surface area contributed by atoms with Gasteiger partial charge >= 0.3 is 0 Å². The van der Waals surface area contributed by atoms with Crippen LogP contribution in [0.1, 0.15) is 10.7 Å². The van der Waals surface area contributed by atoms with Gasteiger partial charge in [0, 0.05) is 0 Å². The molecule has 6 nitrogen and oxygen atoms in total. The number of nitrogens with zero attached hydrogens (tertiary/aromatic N) is 3. The molecule has 3 rings (SSSR count). The van der Waals surface area contributed by atoms with E-state index in [2.05, 4.69) is 14.8 Å². The van der Waals surface area contributed by atoms with Crippen LogP contribution in [0.3, 0.4) is 0 Å². The van der Waals surface area contributed by atoms with E-state index >= 15 is 0 Å². The Balaban J connectivity index is 1.77. The lowest BCUT2D eigenvalue weighted by atomic mass is 10.4. The molecule has 1 N–H and O–H groups in total. The van der Waals surface area contributed by atoms with E-state index in [1.165, 1.54) is 11.3 Å². The molecule has 20 heavy (non-hydrogen) atoms. The first-order valence-corrected chi connectivity index (χ1v) is 8.21. The molecule has 0 bridgehead atoms. The van der Waals surface area contributed by atoms with E-state index in [1.54, 1.807) is 41.0 Å². The second-order valence-corrected chi connectivity index (χ2v) is 7.05. The number of aryl methyl sites for hydroxylation is 1. The average Bonchev–Trinajstić information content (AvgIpc) is 2.94. The number of nitrogens with one attached hydrogen (secondary N) is 1. The third-order valence-corrected chi connectivity index (χ3v) is 5.01. The van der Waals surface area contributed by atoms with Gasteiger partial charge in [-0.25, -0.2) is 22.6 Å². The number of imidazole rings is 1. The SMILES string of the molecule is Cc1cn2nc(CNS(=O)(=O)c3ccccc3)sc2n1. The molecule has 2 aromatic heterocycles. The van der Waals surface area contributed by atoms with Crippen LogP contribution in [-0.4, -0.2) is 23.0 Å². The first kappa shape index (κ1) is 13.2. The predicted octanol–water partition coefficient (Wildman–Crippen LogP) is 1.58. The summed E-state index contributed by atoms with van der Waals surface area (Å²) in [7, 11) is -3.50. The van der Waals surface area contributed by atoms with Crippen LogP contribution in [0.5, 0.6) is 0 Å². The second-order valence-electron chi connectivity index (χ2n) is 4.24. The molecule has 0 fully saturated rings. The number of aromatic nitrogens is 3. The van der Waals surface area contributed by atoms with Gasteiger partial charge in [-0.15, -0.1) is 0 Å². The molecular weight excluding hydrogens is 296 g/mol. The van der Waals surface area contributed by atoms with E-state index < -0.39 is 10.0 Å². The number of benzene rings is 1. The molecular formula is C12H12N4O2S2. The zero-order valence-electron chi connectivity index (χ0n) is 10.6. The minimum Gasteiger partial charge on any atom is -0.223 e. The Kier molecular flexibility index (Phi) is 3.28. The second kappa shape index (κ2) is 4.97. The van der Waals surface area contributed by atoms with Gasteiger partial charge in [0.2, 0.25) is 15.0 Å². The molecule has 2 heterocycles. The summed E-state index contributed by atoms with van der Waals surface area (Å²) in [6.45, 7) is 2.05. The maximum atomic E-state index is 12.1. The third-order valence-electron chi connectivity index (χ3n) is 2.67. The van der Waals surface area contributed by atoms with Crippen molar-refractivity contribution < 1.29 is 8.42 Å². The van der Waals surface area contributed by atoms with Crippen molar-refractivity contribution in [2.75, 3.05) is 0 Å². The van der Waals surface area contributed by atoms with Gasteiger partial charge in [-0.1, -0.05) is 29.5 Å². The molecule has 0 saturated heterocycles. The normalized spacial score (nSPS) is 12.1. The highest BCUT2D eigenvalue weighted by molar-refractivity contribution is 7.89. The van der Waals surface area contributed by atoms with Gasteiger partial charge in [-0.3, -0.25) is 0 Å². The summed E-state index contributed by atoms with van der Waals surface area (Å²) >= 11 is 1.37. The molecule has 0 aliphatic heterocycles. The molecule has 0 spiro atoms. The summed E-state index contributed by atoms with van der Waals surface area (Å²) in [6.07, 6.45) is 1.81. The molecule has 0 saturated carbocycles. The largest absolute Gasteiger partial charge is 0.240 e. The summed E-state index contributed by atoms with van der Waals surface area (Å²) in [5.74, 6) is 0. The highest BCUT2D eigenvalue weighted by Gasteiger charge is 2.14. The maximum absolute atomic E-state index is 12.1. The zero-order chi connectivity index (χ0) is 14.2. The lowest BCUT2D eigenvalue weighted by Crippen LogP contribution is -2.23. The Morgan fingerprint density at radius 1 is 1.30 bits per heavy atom. The average molecular weight is 308 g/mol. The molecule has 0 atom stereocenters. The predicted molar refractivity (Wildman–Crippen MR) is 76.1 cm³/mol. The highest BCUT2D eigenvalue weighted by Crippen LogP contribution is 2.15. The molecule has 0 radical (unpaired) electrons. The maximum Gasteiger partial charge on any atom is 0.240 e. The van der Waals surface area contributed by atoms with Crippen LogP contribution in [0.25, 0.3) is 4.96 Å². The fourth-order valence-electron chi connectivity index (χ4n) is 1.76. The van der Waals surface area contributed by atoms with E-state index in [0.717, 1.165) is 10.7 Å². The van der Waals surface area contributed by atoms with Gasteiger partial charge in [0.15, 0.2) is 0 Å². The monoisotopic (exact) mass is 308 g/mol. The molecule has 1 aromatic carbocycles. The summed E-state index contributed by atoms with van der Waals surface area (Å²) < 4.78 is 28.3. The number of hydrogen-bond donors (Lipinski definition) is 1. The van der Waals surface area contributed by atoms with Gasteiger partial charge in [-0.2, -0.15) is 5.10 Å². The molecule has 0 unspecified atom stereocenters. The fraction of sp³-hybridized carbons (Fsp3) is 0.167. The van der Waals surface area contributed by atoms with Crippen molar-refractivity contribution in [3.63, 3.8) is 0 Å². The summed E-state index contributed by atoms with van der Waals surface area (Å²) in [4.78, 5) is 5.29. The van der Waals surface area contributed by atoms with Crippen molar-refractivity contribution in [2.24, 2.45) is 0 Å². The number of rotatable bonds is 4. The van der Waals surface area contributed by atoms with Crippen molar-refractivity contribution in [1.29, 1.82) is 0 Å². The summed E-state index contributed by atoms with van der Waals surface area (Å²) in [6, 6.07) is 8.27. The molecule has 104 valence electrons. The van der Waals surface area contributed by atoms with E-state index in [9.17, 15) is 8.42 Å². The van der Waals surface area contributed by atoms with Crippen LogP contribution >= 0.6 is 11.3 Å². The fourth-order valence-corrected chi connectivity index (χ4v) is 3.72. The molecule has 0 aliphatic carbocycles. The quantitative estimate of drug-likeness (QED) is 0.794. The minimum atomic E-state index is -3.50. The number of sulfonamides is 1. The van der Waals surface area contributed by atoms with Crippen molar-refractivity contribution in [2.45, 2.75) is 18.4 Å². The van der Waals surface area contributed by atoms with Gasteiger partial charge in [0.1, 0.15) is 5.01 Å². The van der Waals surface area contributed by atoms with Crippen LogP contribution in [-0.2, 0) is 16.6 Å². The van der Waals surface area contributed by atoms with Crippen molar-refractivity contribution in [3.8, 4) is 0 Å². The third kappa shape index (κ3) is 2.58.